The van der Waals surface area contributed by atoms with Crippen molar-refractivity contribution in [2.75, 3.05) is 5.32 Å². The van der Waals surface area contributed by atoms with Crippen molar-refractivity contribution < 1.29 is 17.9 Å². The molecule has 1 aliphatic heterocycles. The number of allylic oxidation sites excluding steroid dienone is 2. The summed E-state index contributed by atoms with van der Waals surface area (Å²) < 4.78 is 41.6. The second kappa shape index (κ2) is 8.39. The van der Waals surface area contributed by atoms with E-state index in [4.69, 9.17) is 15.2 Å². The third-order valence-corrected chi connectivity index (χ3v) is 6.09. The van der Waals surface area contributed by atoms with Gasteiger partial charge in [-0.2, -0.15) is 0 Å². The molecule has 4 rings (SSSR count). The van der Waals surface area contributed by atoms with Crippen molar-refractivity contribution in [2.45, 2.75) is 97.6 Å². The molecule has 0 aromatic carbocycles. The molecule has 2 aliphatic rings. The Morgan fingerprint density at radius 2 is 1.94 bits per heavy atom. The molecule has 1 aliphatic carbocycles. The third-order valence-electron chi connectivity index (χ3n) is 6.09. The molecule has 1 amide bonds. The Morgan fingerprint density at radius 3 is 2.58 bits per heavy atom. The number of hydrogen-bond acceptors (Lipinski definition) is 4. The Balaban J connectivity index is 0.00000267. The number of H-pyrrole nitrogens is 1. The quantitative estimate of drug-likeness (QED) is 0.522. The minimum Gasteiger partial charge on any atom is -0.370 e. The summed E-state index contributed by atoms with van der Waals surface area (Å²) in [4.78, 5) is 24.9. The molecule has 1 unspecified atom stereocenters. The van der Waals surface area contributed by atoms with Crippen LogP contribution in [0.3, 0.4) is 0 Å². The van der Waals surface area contributed by atoms with E-state index in [1.54, 1.807) is 19.2 Å². The molecule has 0 radical (unpaired) electrons. The number of imidazole rings is 1. The maximum Gasteiger partial charge on any atom is 0.291 e. The normalized spacial score (nSPS) is 27.8. The molecule has 1 atom stereocenters. The highest BCUT2D eigenvalue weighted by atomic mass is 16.5. The van der Waals surface area contributed by atoms with Crippen LogP contribution in [0.15, 0.2) is 24.4 Å². The maximum atomic E-state index is 13.0. The fourth-order valence-electron chi connectivity index (χ4n) is 4.84. The van der Waals surface area contributed by atoms with Gasteiger partial charge in [-0.15, -0.1) is 0 Å². The number of aryl methyl sites for hydroxylation is 1. The second-order valence-corrected chi connectivity index (χ2v) is 11.2. The van der Waals surface area contributed by atoms with Gasteiger partial charge in [0.15, 0.2) is 5.82 Å². The first-order chi connectivity index (χ1) is 16.9. The van der Waals surface area contributed by atoms with Crippen molar-refractivity contribution in [2.24, 2.45) is 5.41 Å². The van der Waals surface area contributed by atoms with Crippen LogP contribution in [0.5, 0.6) is 0 Å². The lowest BCUT2D eigenvalue weighted by Crippen LogP contribution is -2.44. The highest BCUT2D eigenvalue weighted by Gasteiger charge is 2.40. The molecule has 182 valence electrons. The number of rotatable bonds is 4. The summed E-state index contributed by atoms with van der Waals surface area (Å²) in [5.41, 5.74) is 0.609. The molecule has 2 aromatic heterocycles. The van der Waals surface area contributed by atoms with Gasteiger partial charge in [-0.3, -0.25) is 9.78 Å². The molecule has 1 fully saturated rings. The van der Waals surface area contributed by atoms with Gasteiger partial charge in [0.1, 0.15) is 0 Å². The number of carbonyl (C=O) groups is 1. The Hall–Kier alpha value is -2.47. The van der Waals surface area contributed by atoms with Crippen LogP contribution < -0.4 is 5.32 Å². The van der Waals surface area contributed by atoms with E-state index in [1.807, 2.05) is 19.9 Å². The van der Waals surface area contributed by atoms with Crippen LogP contribution >= 0.6 is 0 Å². The second-order valence-electron chi connectivity index (χ2n) is 11.2. The number of amides is 1. The number of aromatic amines is 1. The number of nitrogens with zero attached hydrogens (tertiary/aromatic N) is 2. The van der Waals surface area contributed by atoms with Crippen LogP contribution in [0, 0.1) is 12.3 Å². The van der Waals surface area contributed by atoms with Gasteiger partial charge in [0.2, 0.25) is 0 Å². The minimum atomic E-state index is -1.90. The van der Waals surface area contributed by atoms with E-state index < -0.39 is 24.1 Å². The van der Waals surface area contributed by atoms with Crippen molar-refractivity contribution in [3.63, 3.8) is 0 Å². The van der Waals surface area contributed by atoms with Gasteiger partial charge in [-0.1, -0.05) is 19.9 Å². The molecular formula is C27H42N4O2. The van der Waals surface area contributed by atoms with Gasteiger partial charge >= 0.3 is 0 Å². The largest absolute Gasteiger partial charge is 0.370 e. The summed E-state index contributed by atoms with van der Waals surface area (Å²) in [7, 11) is 0. The fourth-order valence-corrected chi connectivity index (χ4v) is 4.84. The summed E-state index contributed by atoms with van der Waals surface area (Å²) in [6, 6.07) is 3.48. The van der Waals surface area contributed by atoms with Crippen molar-refractivity contribution in [1.29, 1.82) is 0 Å². The first-order valence-electron chi connectivity index (χ1n) is 13.7. The molecule has 2 N–H and O–H groups in total. The Morgan fingerprint density at radius 1 is 1.24 bits per heavy atom. The average molecular weight is 459 g/mol. The highest BCUT2D eigenvalue weighted by Crippen LogP contribution is 2.44. The van der Waals surface area contributed by atoms with E-state index in [9.17, 15) is 4.79 Å². The Kier molecular flexibility index (Phi) is 4.80. The molecule has 0 saturated carbocycles. The van der Waals surface area contributed by atoms with Gasteiger partial charge < -0.3 is 15.0 Å². The highest BCUT2D eigenvalue weighted by molar-refractivity contribution is 6.03. The lowest BCUT2D eigenvalue weighted by Gasteiger charge is -2.45. The van der Waals surface area contributed by atoms with Crippen molar-refractivity contribution in [3.05, 3.63) is 47.3 Å². The van der Waals surface area contributed by atoms with Crippen molar-refractivity contribution in [3.8, 4) is 0 Å². The Bertz CT molecular complexity index is 1240. The summed E-state index contributed by atoms with van der Waals surface area (Å²) in [6.45, 7) is 13.6. The van der Waals surface area contributed by atoms with E-state index in [-0.39, 0.29) is 49.5 Å². The van der Waals surface area contributed by atoms with Crippen LogP contribution in [0.1, 0.15) is 116 Å². The number of carbonyl (C=O) groups excluding carboxylic acids is 1. The van der Waals surface area contributed by atoms with E-state index in [0.29, 0.717) is 5.69 Å². The number of ether oxygens (including phenoxy) is 1. The van der Waals surface area contributed by atoms with Gasteiger partial charge in [-0.25, -0.2) is 4.98 Å². The number of nitrogens with one attached hydrogen (secondary N) is 2. The van der Waals surface area contributed by atoms with Gasteiger partial charge in [0.05, 0.1) is 24.0 Å². The van der Waals surface area contributed by atoms with Crippen molar-refractivity contribution in [1.82, 2.24) is 15.0 Å². The molecule has 6 nitrogen and oxygen atoms in total. The summed E-state index contributed by atoms with van der Waals surface area (Å²) in [5.74, 6) is -0.308. The van der Waals surface area contributed by atoms with Crippen LogP contribution in [0.25, 0.3) is 5.57 Å². The number of hydrogen-bond donors (Lipinski definition) is 2. The smallest absolute Gasteiger partial charge is 0.291 e. The zero-order valence-electron chi connectivity index (χ0n) is 24.7. The summed E-state index contributed by atoms with van der Waals surface area (Å²) in [5, 5.41) is 2.83. The average Bonchev–Trinajstić information content (AvgIpc) is 3.16. The molecular weight excluding hydrogens is 412 g/mol. The van der Waals surface area contributed by atoms with Crippen LogP contribution in [0.2, 0.25) is 0 Å². The van der Waals surface area contributed by atoms with Crippen LogP contribution in [-0.4, -0.2) is 32.1 Å². The third kappa shape index (κ3) is 5.55. The molecule has 0 spiro atoms. The predicted octanol–water partition coefficient (Wildman–Crippen LogP) is 6.90. The lowest BCUT2D eigenvalue weighted by atomic mass is 9.77. The number of anilines is 1. The van der Waals surface area contributed by atoms with Crippen LogP contribution in [0.4, 0.5) is 5.69 Å². The van der Waals surface area contributed by atoms with E-state index >= 15 is 0 Å². The van der Waals surface area contributed by atoms with Gasteiger partial charge in [0, 0.05) is 30.5 Å². The maximum absolute atomic E-state index is 13.0. The molecule has 2 aromatic rings. The zero-order chi connectivity index (χ0) is 27.6. The molecule has 33 heavy (non-hydrogen) atoms. The number of pyridine rings is 1. The van der Waals surface area contributed by atoms with Crippen LogP contribution in [-0.2, 0) is 4.74 Å². The minimum absolute atomic E-state index is 0. The summed E-state index contributed by atoms with van der Waals surface area (Å²) in [6.07, 6.45) is 0.262. The van der Waals surface area contributed by atoms with E-state index in [2.05, 4.69) is 43.0 Å². The van der Waals surface area contributed by atoms with Gasteiger partial charge in [0.25, 0.3) is 5.91 Å². The molecule has 6 heteroatoms. The van der Waals surface area contributed by atoms with Gasteiger partial charge in [-0.05, 0) is 89.8 Å². The van der Waals surface area contributed by atoms with E-state index in [0.717, 1.165) is 24.2 Å². The standard InChI is InChI=1S/C27H38N4O2.2H2/c1-17-16-28-23(29-17)24(32)31-21-9-8-20(19-14-26(4,5)33-27(6,7)15-19)30-22(21)18-10-12-25(2,3)13-11-18;;/h8-10,16,19H,11-15H2,1-7H3,(H,28,29)(H,31,32);2*1H/i10D,11D2,12D;;. The monoisotopic (exact) mass is 458 g/mol. The Labute approximate surface area is 206 Å². The molecule has 1 saturated heterocycles. The van der Waals surface area contributed by atoms with E-state index in [1.165, 1.54) is 0 Å². The topological polar surface area (TPSA) is 79.9 Å². The first kappa shape index (κ1) is 18.9. The summed E-state index contributed by atoms with van der Waals surface area (Å²) >= 11 is 0. The SMILES string of the molecule is [2H]C1=C(c2nc(C3CC(C)(C)OC(C)(C)C3)ccc2NC(=O)c2ncc(C)[nH]2)C([2H])([2H])CC(C)(C)C1[2H].[HH].[HH]. The fraction of sp³-hybridized carbons (Fsp3) is 0.593. The first-order valence-corrected chi connectivity index (χ1v) is 11.6. The molecule has 0 bridgehead atoms. The van der Waals surface area contributed by atoms with Crippen molar-refractivity contribution >= 4 is 17.2 Å². The predicted molar refractivity (Wildman–Crippen MR) is 137 cm³/mol. The molecule has 3 heterocycles. The number of aromatic nitrogens is 3. The lowest BCUT2D eigenvalue weighted by molar-refractivity contribution is -0.162. The zero-order valence-corrected chi connectivity index (χ0v) is 20.7.